The summed E-state index contributed by atoms with van der Waals surface area (Å²) in [6.07, 6.45) is 5.29. The first kappa shape index (κ1) is 7.68. The first-order chi connectivity index (χ1) is 5.38. The van der Waals surface area contributed by atoms with E-state index in [2.05, 4.69) is 11.2 Å². The molecule has 1 nitrogen and oxygen atoms in total. The maximum absolute atomic E-state index is 5.29. The maximum Gasteiger partial charge on any atom is 0.0499 e. The monoisotopic (exact) mass is 145 g/mol. The Bertz CT molecular complexity index is 270. The van der Waals surface area contributed by atoms with E-state index in [0.717, 1.165) is 17.8 Å². The summed E-state index contributed by atoms with van der Waals surface area (Å²) in [5.41, 5.74) is 1.96. The zero-order chi connectivity index (χ0) is 8.10. The van der Waals surface area contributed by atoms with Gasteiger partial charge in [0.25, 0.3) is 0 Å². The number of para-hydroxylation sites is 1. The number of nitrogens with one attached hydrogen (secondary N) is 1. The van der Waals surface area contributed by atoms with E-state index < -0.39 is 0 Å². The van der Waals surface area contributed by atoms with Crippen molar-refractivity contribution in [2.24, 2.45) is 0 Å². The minimum atomic E-state index is 0.901. The van der Waals surface area contributed by atoms with E-state index in [9.17, 15) is 0 Å². The lowest BCUT2D eigenvalue weighted by atomic mass is 10.2. The molecule has 0 atom stereocenters. The fourth-order valence-corrected chi connectivity index (χ4v) is 0.954. The highest BCUT2D eigenvalue weighted by Crippen LogP contribution is 2.12. The normalized spacial score (nSPS) is 8.73. The molecule has 0 aliphatic heterocycles. The molecule has 0 aromatic heterocycles. The van der Waals surface area contributed by atoms with Gasteiger partial charge in [-0.25, -0.2) is 0 Å². The standard InChI is InChI=1S/C10H11N/c1-3-9-7-5-6-8-10(9)11-4-2/h1,5-8,11H,4H2,2H3. The zero-order valence-electron chi connectivity index (χ0n) is 6.59. The summed E-state index contributed by atoms with van der Waals surface area (Å²) >= 11 is 0. The van der Waals surface area contributed by atoms with Crippen molar-refractivity contribution in [3.8, 4) is 12.3 Å². The van der Waals surface area contributed by atoms with Gasteiger partial charge in [-0.2, -0.15) is 0 Å². The summed E-state index contributed by atoms with van der Waals surface area (Å²) < 4.78 is 0. The van der Waals surface area contributed by atoms with Gasteiger partial charge in [-0.15, -0.1) is 6.42 Å². The SMILES string of the molecule is C#Cc1ccccc1NCC. The van der Waals surface area contributed by atoms with E-state index in [1.54, 1.807) is 0 Å². The summed E-state index contributed by atoms with van der Waals surface area (Å²) in [6, 6.07) is 7.82. The van der Waals surface area contributed by atoms with Crippen molar-refractivity contribution in [2.75, 3.05) is 11.9 Å². The molecule has 11 heavy (non-hydrogen) atoms. The van der Waals surface area contributed by atoms with Gasteiger partial charge >= 0.3 is 0 Å². The van der Waals surface area contributed by atoms with Crippen LogP contribution in [0.25, 0.3) is 0 Å². The largest absolute Gasteiger partial charge is 0.384 e. The van der Waals surface area contributed by atoms with Gasteiger partial charge in [0.05, 0.1) is 0 Å². The summed E-state index contributed by atoms with van der Waals surface area (Å²) in [6.45, 7) is 2.95. The third-order valence-electron chi connectivity index (χ3n) is 1.45. The van der Waals surface area contributed by atoms with Crippen molar-refractivity contribution in [2.45, 2.75) is 6.92 Å². The van der Waals surface area contributed by atoms with Gasteiger partial charge in [0.2, 0.25) is 0 Å². The van der Waals surface area contributed by atoms with Gasteiger partial charge < -0.3 is 5.32 Å². The van der Waals surface area contributed by atoms with Crippen molar-refractivity contribution in [1.29, 1.82) is 0 Å². The average molecular weight is 145 g/mol. The average Bonchev–Trinajstić information content (AvgIpc) is 2.06. The van der Waals surface area contributed by atoms with Gasteiger partial charge in [-0.05, 0) is 19.1 Å². The predicted molar refractivity (Wildman–Crippen MR) is 48.5 cm³/mol. The molecule has 56 valence electrons. The second kappa shape index (κ2) is 3.68. The van der Waals surface area contributed by atoms with Gasteiger partial charge in [0.1, 0.15) is 0 Å². The first-order valence-electron chi connectivity index (χ1n) is 3.68. The van der Waals surface area contributed by atoms with Crippen molar-refractivity contribution < 1.29 is 0 Å². The number of terminal acetylenes is 1. The third-order valence-corrected chi connectivity index (χ3v) is 1.45. The molecule has 0 unspecified atom stereocenters. The Morgan fingerprint density at radius 3 is 2.82 bits per heavy atom. The van der Waals surface area contributed by atoms with Gasteiger partial charge in [0.15, 0.2) is 0 Å². The first-order valence-corrected chi connectivity index (χ1v) is 3.68. The molecule has 1 N–H and O–H groups in total. The number of rotatable bonds is 2. The predicted octanol–water partition coefficient (Wildman–Crippen LogP) is 2.10. The molecule has 0 heterocycles. The molecule has 0 aliphatic carbocycles. The molecule has 0 radical (unpaired) electrons. The van der Waals surface area contributed by atoms with Crippen LogP contribution in [0.5, 0.6) is 0 Å². The minimum Gasteiger partial charge on any atom is -0.384 e. The fraction of sp³-hybridized carbons (Fsp3) is 0.200. The van der Waals surface area contributed by atoms with E-state index >= 15 is 0 Å². The quantitative estimate of drug-likeness (QED) is 0.628. The molecule has 0 saturated heterocycles. The minimum absolute atomic E-state index is 0.901. The summed E-state index contributed by atoms with van der Waals surface area (Å²) in [5, 5.41) is 3.18. The van der Waals surface area contributed by atoms with E-state index in [-0.39, 0.29) is 0 Å². The van der Waals surface area contributed by atoms with E-state index in [1.165, 1.54) is 0 Å². The van der Waals surface area contributed by atoms with E-state index in [1.807, 2.05) is 31.2 Å². The van der Waals surface area contributed by atoms with Crippen LogP contribution < -0.4 is 5.32 Å². The van der Waals surface area contributed by atoms with Crippen molar-refractivity contribution in [1.82, 2.24) is 0 Å². The summed E-state index contributed by atoms with van der Waals surface area (Å²) in [5.74, 6) is 2.62. The molecule has 1 aromatic carbocycles. The van der Waals surface area contributed by atoms with E-state index in [4.69, 9.17) is 6.42 Å². The summed E-state index contributed by atoms with van der Waals surface area (Å²) in [7, 11) is 0. The number of hydrogen-bond acceptors (Lipinski definition) is 1. The van der Waals surface area contributed by atoms with Crippen molar-refractivity contribution >= 4 is 5.69 Å². The van der Waals surface area contributed by atoms with Crippen LogP contribution in [0, 0.1) is 12.3 Å². The molecule has 0 aliphatic rings. The number of benzene rings is 1. The molecular weight excluding hydrogens is 134 g/mol. The van der Waals surface area contributed by atoms with Gasteiger partial charge in [-0.1, -0.05) is 18.1 Å². The molecule has 0 amide bonds. The third kappa shape index (κ3) is 1.75. The number of anilines is 1. The van der Waals surface area contributed by atoms with E-state index in [0.29, 0.717) is 0 Å². The number of hydrogen-bond donors (Lipinski definition) is 1. The fourth-order valence-electron chi connectivity index (χ4n) is 0.954. The smallest absolute Gasteiger partial charge is 0.0499 e. The molecular formula is C10H11N. The van der Waals surface area contributed by atoms with Crippen LogP contribution in [0.1, 0.15) is 12.5 Å². The Morgan fingerprint density at radius 1 is 1.45 bits per heavy atom. The van der Waals surface area contributed by atoms with Crippen molar-refractivity contribution in [3.63, 3.8) is 0 Å². The maximum atomic E-state index is 5.29. The lowest BCUT2D eigenvalue weighted by Gasteiger charge is -2.04. The topological polar surface area (TPSA) is 12.0 Å². The molecule has 0 bridgehead atoms. The highest BCUT2D eigenvalue weighted by molar-refractivity contribution is 5.58. The summed E-state index contributed by atoms with van der Waals surface area (Å²) in [4.78, 5) is 0. The Balaban J connectivity index is 2.95. The Kier molecular flexibility index (Phi) is 2.57. The Hall–Kier alpha value is -1.42. The highest BCUT2D eigenvalue weighted by Gasteiger charge is 1.93. The lowest BCUT2D eigenvalue weighted by molar-refractivity contribution is 1.21. The van der Waals surface area contributed by atoms with Crippen LogP contribution in [0.4, 0.5) is 5.69 Å². The molecule has 0 saturated carbocycles. The molecule has 1 heteroatoms. The van der Waals surface area contributed by atoms with Crippen LogP contribution in [-0.4, -0.2) is 6.54 Å². The van der Waals surface area contributed by atoms with Gasteiger partial charge in [0, 0.05) is 17.8 Å². The van der Waals surface area contributed by atoms with Crippen LogP contribution >= 0.6 is 0 Å². The Labute approximate surface area is 67.4 Å². The Morgan fingerprint density at radius 2 is 2.18 bits per heavy atom. The zero-order valence-corrected chi connectivity index (χ0v) is 6.59. The van der Waals surface area contributed by atoms with Gasteiger partial charge in [-0.3, -0.25) is 0 Å². The highest BCUT2D eigenvalue weighted by atomic mass is 14.9. The lowest BCUT2D eigenvalue weighted by Crippen LogP contribution is -1.98. The van der Waals surface area contributed by atoms with Crippen LogP contribution in [0.3, 0.4) is 0 Å². The molecule has 0 spiro atoms. The van der Waals surface area contributed by atoms with Crippen LogP contribution in [0.15, 0.2) is 24.3 Å². The second-order valence-electron chi connectivity index (χ2n) is 2.22. The molecule has 1 aromatic rings. The van der Waals surface area contributed by atoms with Crippen LogP contribution in [0.2, 0.25) is 0 Å². The van der Waals surface area contributed by atoms with Crippen LogP contribution in [-0.2, 0) is 0 Å². The molecule has 1 rings (SSSR count). The second-order valence-corrected chi connectivity index (χ2v) is 2.22. The van der Waals surface area contributed by atoms with Crippen molar-refractivity contribution in [3.05, 3.63) is 29.8 Å². The molecule has 0 fully saturated rings.